The Morgan fingerprint density at radius 2 is 1.88 bits per heavy atom. The van der Waals surface area contributed by atoms with E-state index in [1.807, 2.05) is 47.2 Å². The van der Waals surface area contributed by atoms with Gasteiger partial charge in [-0.25, -0.2) is 0 Å². The maximum atomic E-state index is 10.3. The molecule has 0 radical (unpaired) electrons. The first kappa shape index (κ1) is 10.7. The van der Waals surface area contributed by atoms with Crippen LogP contribution < -0.4 is 0 Å². The molecule has 0 spiro atoms. The van der Waals surface area contributed by atoms with Crippen molar-refractivity contribution >= 4 is 24.0 Å². The van der Waals surface area contributed by atoms with Crippen molar-refractivity contribution in [2.45, 2.75) is 0 Å². The van der Waals surface area contributed by atoms with Gasteiger partial charge in [0.25, 0.3) is 0 Å². The fourth-order valence-corrected chi connectivity index (χ4v) is 1.63. The van der Waals surface area contributed by atoms with E-state index in [-0.39, 0.29) is 0 Å². The second kappa shape index (κ2) is 4.81. The van der Waals surface area contributed by atoms with Crippen molar-refractivity contribution in [3.63, 3.8) is 0 Å². The van der Waals surface area contributed by atoms with Crippen LogP contribution in [-0.2, 0) is 4.79 Å². The van der Waals surface area contributed by atoms with Gasteiger partial charge in [-0.1, -0.05) is 11.6 Å². The molecule has 1 heterocycles. The fourth-order valence-electron chi connectivity index (χ4n) is 1.50. The Morgan fingerprint density at radius 3 is 2.56 bits per heavy atom. The molecule has 2 nitrogen and oxygen atoms in total. The molecular formula is C13H10ClNO. The topological polar surface area (TPSA) is 22.0 Å². The quantitative estimate of drug-likeness (QED) is 0.587. The van der Waals surface area contributed by atoms with Gasteiger partial charge in [0.15, 0.2) is 0 Å². The number of hydrogen-bond donors (Lipinski definition) is 0. The number of nitrogens with zero attached hydrogens (tertiary/aromatic N) is 1. The monoisotopic (exact) mass is 231 g/mol. The van der Waals surface area contributed by atoms with Gasteiger partial charge in [0.1, 0.15) is 6.29 Å². The number of aldehydes is 1. The minimum absolute atomic E-state index is 0.709. The van der Waals surface area contributed by atoms with Gasteiger partial charge in [-0.3, -0.25) is 4.79 Å². The largest absolute Gasteiger partial charge is 0.317 e. The second-order valence-corrected chi connectivity index (χ2v) is 3.71. The highest BCUT2D eigenvalue weighted by atomic mass is 35.5. The van der Waals surface area contributed by atoms with Crippen molar-refractivity contribution in [1.82, 2.24) is 4.57 Å². The van der Waals surface area contributed by atoms with Crippen LogP contribution in [0.4, 0.5) is 0 Å². The van der Waals surface area contributed by atoms with Gasteiger partial charge in [-0.05, 0) is 48.6 Å². The van der Waals surface area contributed by atoms with E-state index in [0.717, 1.165) is 17.7 Å². The smallest absolute Gasteiger partial charge is 0.142 e. The average Bonchev–Trinajstić information content (AvgIpc) is 2.75. The fraction of sp³-hybridized carbons (Fsp3) is 0. The summed E-state index contributed by atoms with van der Waals surface area (Å²) < 4.78 is 1.98. The summed E-state index contributed by atoms with van der Waals surface area (Å²) >= 11 is 5.83. The Morgan fingerprint density at radius 1 is 1.12 bits per heavy atom. The summed E-state index contributed by atoms with van der Waals surface area (Å²) in [4.78, 5) is 10.3. The molecule has 0 N–H and O–H groups in total. The van der Waals surface area contributed by atoms with Crippen molar-refractivity contribution < 1.29 is 4.79 Å². The van der Waals surface area contributed by atoms with Crippen LogP contribution in [0.2, 0.25) is 5.02 Å². The van der Waals surface area contributed by atoms with Crippen molar-refractivity contribution in [3.05, 3.63) is 59.4 Å². The maximum Gasteiger partial charge on any atom is 0.142 e. The third-order valence-corrected chi connectivity index (χ3v) is 2.48. The summed E-state index contributed by atoms with van der Waals surface area (Å²) in [5.74, 6) is 0. The molecule has 0 unspecified atom stereocenters. The molecule has 1 aromatic carbocycles. The lowest BCUT2D eigenvalue weighted by Gasteiger charge is -2.05. The number of carbonyl (C=O) groups is 1. The molecule has 80 valence electrons. The number of benzene rings is 1. The Labute approximate surface area is 98.8 Å². The predicted octanol–water partition coefficient (Wildman–Crippen LogP) is 3.34. The zero-order chi connectivity index (χ0) is 11.4. The highest BCUT2D eigenvalue weighted by Gasteiger charge is 1.99. The van der Waals surface area contributed by atoms with Gasteiger partial charge in [0.2, 0.25) is 0 Å². The lowest BCUT2D eigenvalue weighted by atomic mass is 10.3. The van der Waals surface area contributed by atoms with E-state index in [9.17, 15) is 4.79 Å². The SMILES string of the molecule is O=CC=Cc1cccn1-c1ccc(Cl)cc1. The lowest BCUT2D eigenvalue weighted by molar-refractivity contribution is -0.104. The van der Waals surface area contributed by atoms with E-state index in [1.165, 1.54) is 6.08 Å². The Kier molecular flexibility index (Phi) is 3.22. The van der Waals surface area contributed by atoms with Crippen LogP contribution in [-0.4, -0.2) is 10.9 Å². The van der Waals surface area contributed by atoms with Crippen LogP contribution in [0.15, 0.2) is 48.7 Å². The lowest BCUT2D eigenvalue weighted by Crippen LogP contribution is -1.93. The summed E-state index contributed by atoms with van der Waals surface area (Å²) in [6, 6.07) is 11.4. The summed E-state index contributed by atoms with van der Waals surface area (Å²) in [6.45, 7) is 0. The van der Waals surface area contributed by atoms with E-state index in [1.54, 1.807) is 6.08 Å². The molecule has 0 bridgehead atoms. The number of carbonyl (C=O) groups excluding carboxylic acids is 1. The first-order chi connectivity index (χ1) is 7.81. The number of aromatic nitrogens is 1. The van der Waals surface area contributed by atoms with Crippen molar-refractivity contribution in [3.8, 4) is 5.69 Å². The predicted molar refractivity (Wildman–Crippen MR) is 65.9 cm³/mol. The van der Waals surface area contributed by atoms with Gasteiger partial charge in [-0.15, -0.1) is 0 Å². The molecular weight excluding hydrogens is 222 g/mol. The Bertz CT molecular complexity index is 511. The van der Waals surface area contributed by atoms with Crippen molar-refractivity contribution in [2.24, 2.45) is 0 Å². The zero-order valence-electron chi connectivity index (χ0n) is 8.51. The van der Waals surface area contributed by atoms with Crippen LogP contribution in [0.25, 0.3) is 11.8 Å². The van der Waals surface area contributed by atoms with Gasteiger partial charge in [0, 0.05) is 22.6 Å². The van der Waals surface area contributed by atoms with E-state index < -0.39 is 0 Å². The third-order valence-electron chi connectivity index (χ3n) is 2.23. The minimum Gasteiger partial charge on any atom is -0.317 e. The molecule has 2 aromatic rings. The van der Waals surface area contributed by atoms with Crippen LogP contribution in [0.3, 0.4) is 0 Å². The molecule has 2 rings (SSSR count). The Hall–Kier alpha value is -1.80. The van der Waals surface area contributed by atoms with Gasteiger partial charge in [-0.2, -0.15) is 0 Å². The third kappa shape index (κ3) is 2.23. The van der Waals surface area contributed by atoms with Gasteiger partial charge in [0.05, 0.1) is 0 Å². The number of rotatable bonds is 3. The van der Waals surface area contributed by atoms with Crippen LogP contribution >= 0.6 is 11.6 Å². The van der Waals surface area contributed by atoms with Crippen LogP contribution in [0.5, 0.6) is 0 Å². The molecule has 0 fully saturated rings. The zero-order valence-corrected chi connectivity index (χ0v) is 9.26. The first-order valence-electron chi connectivity index (χ1n) is 4.86. The second-order valence-electron chi connectivity index (χ2n) is 3.27. The van der Waals surface area contributed by atoms with Crippen LogP contribution in [0.1, 0.15) is 5.69 Å². The molecule has 0 saturated heterocycles. The molecule has 0 aliphatic rings. The molecule has 3 heteroatoms. The summed E-state index contributed by atoms with van der Waals surface area (Å²) in [7, 11) is 0. The summed E-state index contributed by atoms with van der Waals surface area (Å²) in [5, 5.41) is 0.709. The summed E-state index contributed by atoms with van der Waals surface area (Å²) in [6.07, 6.45) is 5.94. The molecule has 0 aliphatic heterocycles. The van der Waals surface area contributed by atoms with Crippen molar-refractivity contribution in [2.75, 3.05) is 0 Å². The normalized spacial score (nSPS) is 10.8. The molecule has 16 heavy (non-hydrogen) atoms. The average molecular weight is 232 g/mol. The molecule has 0 atom stereocenters. The van der Waals surface area contributed by atoms with E-state index in [2.05, 4.69) is 0 Å². The number of hydrogen-bond acceptors (Lipinski definition) is 1. The minimum atomic E-state index is 0.709. The van der Waals surface area contributed by atoms with E-state index >= 15 is 0 Å². The first-order valence-corrected chi connectivity index (χ1v) is 5.24. The highest BCUT2D eigenvalue weighted by Crippen LogP contribution is 2.16. The van der Waals surface area contributed by atoms with Gasteiger partial charge >= 0.3 is 0 Å². The molecule has 1 aromatic heterocycles. The molecule has 0 saturated carbocycles. The van der Waals surface area contributed by atoms with Crippen molar-refractivity contribution in [1.29, 1.82) is 0 Å². The van der Waals surface area contributed by atoms with E-state index in [4.69, 9.17) is 11.6 Å². The molecule has 0 aliphatic carbocycles. The van der Waals surface area contributed by atoms with Gasteiger partial charge < -0.3 is 4.57 Å². The standard InChI is InChI=1S/C13H10ClNO/c14-11-5-7-13(8-6-11)15-9-1-3-12(15)4-2-10-16/h1-10H. The molecule has 0 amide bonds. The highest BCUT2D eigenvalue weighted by molar-refractivity contribution is 6.30. The van der Waals surface area contributed by atoms with E-state index in [0.29, 0.717) is 5.02 Å². The van der Waals surface area contributed by atoms with Crippen LogP contribution in [0, 0.1) is 0 Å². The maximum absolute atomic E-state index is 10.3. The Balaban J connectivity index is 2.40. The number of allylic oxidation sites excluding steroid dienone is 1. The summed E-state index contributed by atoms with van der Waals surface area (Å²) in [5.41, 5.74) is 1.97. The number of halogens is 1.